The van der Waals surface area contributed by atoms with Gasteiger partial charge in [-0.1, -0.05) is 23.4 Å². The largest absolute Gasteiger partial charge is 0.465 e. The van der Waals surface area contributed by atoms with Crippen molar-refractivity contribution in [2.45, 2.75) is 6.92 Å². The lowest BCUT2D eigenvalue weighted by molar-refractivity contribution is 0.0600. The van der Waals surface area contributed by atoms with E-state index in [0.29, 0.717) is 11.1 Å². The van der Waals surface area contributed by atoms with Crippen LogP contribution in [0.1, 0.15) is 32.7 Å². The highest BCUT2D eigenvalue weighted by Crippen LogP contribution is 2.14. The molecule has 0 unspecified atom stereocenters. The van der Waals surface area contributed by atoms with Gasteiger partial charge < -0.3 is 4.74 Å². The third kappa shape index (κ3) is 3.44. The standard InChI is InChI=1S/C17H11ClN2O2/c1-11-7-14(17(21)22-2)6-5-13(11)4-3-12-8-15(18)16(9-19)20-10-12/h5-8,10H,1-2H3. The smallest absolute Gasteiger partial charge is 0.337 e. The van der Waals surface area contributed by atoms with Crippen molar-refractivity contribution in [3.63, 3.8) is 0 Å². The zero-order valence-electron chi connectivity index (χ0n) is 12.0. The Balaban J connectivity index is 2.31. The number of esters is 1. The molecule has 0 bridgehead atoms. The first-order valence-electron chi connectivity index (χ1n) is 6.31. The van der Waals surface area contributed by atoms with Crippen LogP contribution in [0.3, 0.4) is 0 Å². The first kappa shape index (κ1) is 15.6. The first-order chi connectivity index (χ1) is 10.5. The molecule has 1 heterocycles. The van der Waals surface area contributed by atoms with Crippen molar-refractivity contribution in [2.75, 3.05) is 7.11 Å². The van der Waals surface area contributed by atoms with Crippen LogP contribution in [-0.4, -0.2) is 18.1 Å². The Bertz CT molecular complexity index is 842. The highest BCUT2D eigenvalue weighted by atomic mass is 35.5. The number of ether oxygens (including phenoxy) is 1. The van der Waals surface area contributed by atoms with Crippen molar-refractivity contribution >= 4 is 17.6 Å². The number of halogens is 1. The molecule has 5 heteroatoms. The van der Waals surface area contributed by atoms with Gasteiger partial charge in [-0.05, 0) is 36.8 Å². The lowest BCUT2D eigenvalue weighted by Gasteiger charge is -2.02. The number of pyridine rings is 1. The number of hydrogen-bond donors (Lipinski definition) is 0. The summed E-state index contributed by atoms with van der Waals surface area (Å²) in [6.07, 6.45) is 1.50. The van der Waals surface area contributed by atoms with Crippen LogP contribution in [0.2, 0.25) is 5.02 Å². The number of methoxy groups -OCH3 is 1. The molecule has 1 aromatic carbocycles. The molecule has 0 aliphatic heterocycles. The predicted molar refractivity (Wildman–Crippen MR) is 82.5 cm³/mol. The molecule has 0 atom stereocenters. The fourth-order valence-electron chi connectivity index (χ4n) is 1.78. The van der Waals surface area contributed by atoms with E-state index in [0.717, 1.165) is 11.1 Å². The number of rotatable bonds is 1. The van der Waals surface area contributed by atoms with Gasteiger partial charge in [0.15, 0.2) is 5.69 Å². The zero-order chi connectivity index (χ0) is 16.1. The minimum atomic E-state index is -0.384. The van der Waals surface area contributed by atoms with E-state index in [-0.39, 0.29) is 16.7 Å². The number of carbonyl (C=O) groups excluding carboxylic acids is 1. The van der Waals surface area contributed by atoms with Gasteiger partial charge in [0.2, 0.25) is 0 Å². The molecule has 0 N–H and O–H groups in total. The molecule has 0 fully saturated rings. The molecule has 0 radical (unpaired) electrons. The lowest BCUT2D eigenvalue weighted by Crippen LogP contribution is -2.01. The van der Waals surface area contributed by atoms with E-state index >= 15 is 0 Å². The van der Waals surface area contributed by atoms with Crippen molar-refractivity contribution in [2.24, 2.45) is 0 Å². The van der Waals surface area contributed by atoms with Crippen LogP contribution in [0.25, 0.3) is 0 Å². The van der Waals surface area contributed by atoms with Crippen molar-refractivity contribution in [3.8, 4) is 17.9 Å². The van der Waals surface area contributed by atoms with Crippen LogP contribution in [0.15, 0.2) is 30.5 Å². The Kier molecular flexibility index (Phi) is 4.78. The summed E-state index contributed by atoms with van der Waals surface area (Å²) in [5.74, 6) is 5.54. The van der Waals surface area contributed by atoms with Crippen LogP contribution < -0.4 is 0 Å². The van der Waals surface area contributed by atoms with Gasteiger partial charge in [0.05, 0.1) is 17.7 Å². The molecule has 0 aliphatic carbocycles. The van der Waals surface area contributed by atoms with Crippen LogP contribution >= 0.6 is 11.6 Å². The summed E-state index contributed by atoms with van der Waals surface area (Å²) in [4.78, 5) is 15.4. The number of aryl methyl sites for hydroxylation is 1. The van der Waals surface area contributed by atoms with Gasteiger partial charge in [-0.25, -0.2) is 9.78 Å². The molecule has 0 saturated heterocycles. The predicted octanol–water partition coefficient (Wildman–Crippen LogP) is 3.10. The average molecular weight is 311 g/mol. The van der Waals surface area contributed by atoms with E-state index in [2.05, 4.69) is 21.6 Å². The van der Waals surface area contributed by atoms with Gasteiger partial charge in [-0.3, -0.25) is 0 Å². The summed E-state index contributed by atoms with van der Waals surface area (Å²) in [7, 11) is 1.34. The molecule has 1 aromatic heterocycles. The van der Waals surface area contributed by atoms with Gasteiger partial charge in [-0.2, -0.15) is 5.26 Å². The van der Waals surface area contributed by atoms with Crippen LogP contribution in [-0.2, 0) is 4.74 Å². The molecule has 0 amide bonds. The van der Waals surface area contributed by atoms with Gasteiger partial charge in [0.25, 0.3) is 0 Å². The molecular weight excluding hydrogens is 300 g/mol. The number of hydrogen-bond acceptors (Lipinski definition) is 4. The highest BCUT2D eigenvalue weighted by Gasteiger charge is 2.06. The van der Waals surface area contributed by atoms with Crippen LogP contribution in [0.4, 0.5) is 0 Å². The third-order valence-electron chi connectivity index (χ3n) is 2.94. The minimum absolute atomic E-state index is 0.172. The van der Waals surface area contributed by atoms with Crippen molar-refractivity contribution in [1.29, 1.82) is 5.26 Å². The van der Waals surface area contributed by atoms with Gasteiger partial charge in [0.1, 0.15) is 6.07 Å². The second-order valence-corrected chi connectivity index (χ2v) is 4.84. The fraction of sp³-hybridized carbons (Fsp3) is 0.118. The van der Waals surface area contributed by atoms with E-state index in [4.69, 9.17) is 16.9 Å². The number of nitriles is 1. The number of nitrogens with zero attached hydrogens (tertiary/aromatic N) is 2. The zero-order valence-corrected chi connectivity index (χ0v) is 12.7. The third-order valence-corrected chi connectivity index (χ3v) is 3.22. The van der Waals surface area contributed by atoms with Gasteiger partial charge in [0, 0.05) is 17.3 Å². The quantitative estimate of drug-likeness (QED) is 0.600. The normalized spacial score (nSPS) is 9.36. The summed E-state index contributed by atoms with van der Waals surface area (Å²) >= 11 is 5.91. The number of aromatic nitrogens is 1. The Morgan fingerprint density at radius 1 is 1.32 bits per heavy atom. The maximum atomic E-state index is 11.4. The molecular formula is C17H11ClN2O2. The molecule has 0 spiro atoms. The topological polar surface area (TPSA) is 63.0 Å². The molecule has 2 aromatic rings. The number of carbonyl (C=O) groups is 1. The SMILES string of the molecule is COC(=O)c1ccc(C#Cc2cnc(C#N)c(Cl)c2)c(C)c1. The van der Waals surface area contributed by atoms with E-state index < -0.39 is 0 Å². The fourth-order valence-corrected chi connectivity index (χ4v) is 1.99. The van der Waals surface area contributed by atoms with E-state index in [9.17, 15) is 4.79 Å². The van der Waals surface area contributed by atoms with E-state index in [1.54, 1.807) is 24.3 Å². The minimum Gasteiger partial charge on any atom is -0.465 e. The Morgan fingerprint density at radius 3 is 2.68 bits per heavy atom. The summed E-state index contributed by atoms with van der Waals surface area (Å²) in [6.45, 7) is 1.86. The van der Waals surface area contributed by atoms with Crippen molar-refractivity contribution < 1.29 is 9.53 Å². The summed E-state index contributed by atoms with van der Waals surface area (Å²) in [5.41, 5.74) is 2.91. The van der Waals surface area contributed by atoms with E-state index in [1.165, 1.54) is 13.3 Å². The molecule has 4 nitrogen and oxygen atoms in total. The van der Waals surface area contributed by atoms with E-state index in [1.807, 2.05) is 13.0 Å². The Morgan fingerprint density at radius 2 is 2.09 bits per heavy atom. The van der Waals surface area contributed by atoms with Gasteiger partial charge >= 0.3 is 5.97 Å². The summed E-state index contributed by atoms with van der Waals surface area (Å²) < 4.78 is 4.67. The maximum absolute atomic E-state index is 11.4. The summed E-state index contributed by atoms with van der Waals surface area (Å²) in [6, 6.07) is 8.63. The second-order valence-electron chi connectivity index (χ2n) is 4.44. The molecule has 22 heavy (non-hydrogen) atoms. The molecule has 0 saturated carbocycles. The maximum Gasteiger partial charge on any atom is 0.337 e. The highest BCUT2D eigenvalue weighted by molar-refractivity contribution is 6.31. The average Bonchev–Trinajstić information content (AvgIpc) is 2.53. The summed E-state index contributed by atoms with van der Waals surface area (Å²) in [5, 5.41) is 9.04. The molecule has 0 aliphatic rings. The second kappa shape index (κ2) is 6.76. The molecule has 108 valence electrons. The number of benzene rings is 1. The first-order valence-corrected chi connectivity index (χ1v) is 6.69. The van der Waals surface area contributed by atoms with Gasteiger partial charge in [-0.15, -0.1) is 0 Å². The van der Waals surface area contributed by atoms with Crippen LogP contribution in [0, 0.1) is 30.1 Å². The van der Waals surface area contributed by atoms with Crippen molar-refractivity contribution in [3.05, 3.63) is 63.4 Å². The Hall–Kier alpha value is -2.82. The molecule has 2 rings (SSSR count). The van der Waals surface area contributed by atoms with Crippen LogP contribution in [0.5, 0.6) is 0 Å². The van der Waals surface area contributed by atoms with Crippen molar-refractivity contribution in [1.82, 2.24) is 4.98 Å². The Labute approximate surface area is 133 Å². The lowest BCUT2D eigenvalue weighted by atomic mass is 10.1. The monoisotopic (exact) mass is 310 g/mol.